The van der Waals surface area contributed by atoms with Crippen LogP contribution in [0.5, 0.6) is 0 Å². The molecule has 0 radical (unpaired) electrons. The molecule has 0 aliphatic carbocycles. The Kier molecular flexibility index (Phi) is 5.27. The summed E-state index contributed by atoms with van der Waals surface area (Å²) in [6.07, 6.45) is 0.839. The summed E-state index contributed by atoms with van der Waals surface area (Å²) in [6.45, 7) is 0. The monoisotopic (exact) mass is 193 g/mol. The highest BCUT2D eigenvalue weighted by molar-refractivity contribution is 7.98. The Hall–Kier alpha value is -0.910. The molecule has 3 N–H and O–H groups in total. The lowest BCUT2D eigenvalue weighted by molar-refractivity contribution is -0.139. The Morgan fingerprint density at radius 3 is 2.42 bits per heavy atom. The summed E-state index contributed by atoms with van der Waals surface area (Å²) in [6, 6.07) is -0.991. The molecule has 12 heavy (non-hydrogen) atoms. The van der Waals surface area contributed by atoms with Gasteiger partial charge in [-0.25, -0.2) is 9.59 Å². The molecule has 0 aliphatic rings. The van der Waals surface area contributed by atoms with Crippen molar-refractivity contribution in [2.75, 3.05) is 12.0 Å². The molecule has 6 heteroatoms. The largest absolute Gasteiger partial charge is 0.480 e. The van der Waals surface area contributed by atoms with Gasteiger partial charge in [0.05, 0.1) is 0 Å². The van der Waals surface area contributed by atoms with Gasteiger partial charge in [0.25, 0.3) is 0 Å². The fourth-order valence-electron chi connectivity index (χ4n) is 0.642. The van der Waals surface area contributed by atoms with Crippen molar-refractivity contribution in [3.8, 4) is 0 Å². The van der Waals surface area contributed by atoms with Gasteiger partial charge in [-0.15, -0.1) is 0 Å². The molecule has 0 aromatic heterocycles. The Bertz CT molecular complexity index is 173. The molecular weight excluding hydrogens is 182 g/mol. The molecule has 1 atom stereocenters. The summed E-state index contributed by atoms with van der Waals surface area (Å²) < 4.78 is 0. The van der Waals surface area contributed by atoms with Crippen LogP contribution in [0.25, 0.3) is 0 Å². The third kappa shape index (κ3) is 4.84. The van der Waals surface area contributed by atoms with E-state index >= 15 is 0 Å². The smallest absolute Gasteiger partial charge is 0.405 e. The average molecular weight is 193 g/mol. The first-order valence-corrected chi connectivity index (χ1v) is 4.68. The van der Waals surface area contributed by atoms with Gasteiger partial charge in [-0.1, -0.05) is 0 Å². The second-order valence-corrected chi connectivity index (χ2v) is 3.11. The van der Waals surface area contributed by atoms with E-state index < -0.39 is 18.1 Å². The number of carboxylic acids is 1. The molecule has 0 fully saturated rings. The third-order valence-corrected chi connectivity index (χ3v) is 1.85. The predicted octanol–water partition coefficient (Wildman–Crippen LogP) is 0.460. The van der Waals surface area contributed by atoms with Crippen LogP contribution in [-0.4, -0.2) is 40.3 Å². The van der Waals surface area contributed by atoms with E-state index in [1.54, 1.807) is 0 Å². The number of hydrogen-bond acceptors (Lipinski definition) is 3. The Balaban J connectivity index is 3.87. The first-order chi connectivity index (χ1) is 5.57. The van der Waals surface area contributed by atoms with E-state index in [0.29, 0.717) is 12.2 Å². The van der Waals surface area contributed by atoms with Crippen molar-refractivity contribution in [1.82, 2.24) is 5.32 Å². The summed E-state index contributed by atoms with van der Waals surface area (Å²) in [5.41, 5.74) is 0. The molecule has 0 bridgehead atoms. The minimum absolute atomic E-state index is 0.308. The number of aliphatic carboxylic acids is 1. The highest BCUT2D eigenvalue weighted by Gasteiger charge is 2.18. The van der Waals surface area contributed by atoms with E-state index in [-0.39, 0.29) is 0 Å². The van der Waals surface area contributed by atoms with Crippen molar-refractivity contribution in [1.29, 1.82) is 0 Å². The highest BCUT2D eigenvalue weighted by atomic mass is 32.2. The van der Waals surface area contributed by atoms with E-state index in [1.807, 2.05) is 11.6 Å². The van der Waals surface area contributed by atoms with Crippen molar-refractivity contribution >= 4 is 23.8 Å². The van der Waals surface area contributed by atoms with Crippen molar-refractivity contribution in [2.45, 2.75) is 12.5 Å². The van der Waals surface area contributed by atoms with Crippen molar-refractivity contribution in [3.63, 3.8) is 0 Å². The number of carboxylic acid groups (broad SMARTS) is 2. The molecular formula is C6H11NO4S. The lowest BCUT2D eigenvalue weighted by Gasteiger charge is -2.10. The van der Waals surface area contributed by atoms with Gasteiger partial charge in [-0.05, 0) is 18.4 Å². The summed E-state index contributed by atoms with van der Waals surface area (Å²) in [4.78, 5) is 20.5. The molecule has 0 heterocycles. The number of nitrogens with one attached hydrogen (secondary N) is 1. The fourth-order valence-corrected chi connectivity index (χ4v) is 1.11. The van der Waals surface area contributed by atoms with Crippen LogP contribution in [0.3, 0.4) is 0 Å². The minimum Gasteiger partial charge on any atom is -0.480 e. The fraction of sp³-hybridized carbons (Fsp3) is 0.667. The maximum atomic E-state index is 10.4. The number of amides is 1. The molecule has 0 aromatic rings. The van der Waals surface area contributed by atoms with Crippen LogP contribution in [0.1, 0.15) is 6.42 Å². The van der Waals surface area contributed by atoms with Gasteiger partial charge < -0.3 is 15.5 Å². The van der Waals surface area contributed by atoms with E-state index in [9.17, 15) is 9.59 Å². The van der Waals surface area contributed by atoms with Gasteiger partial charge in [-0.3, -0.25) is 0 Å². The molecule has 0 aromatic carbocycles. The SMILES string of the molecule is CSCCC(NC(=O)O)C(=O)O. The maximum Gasteiger partial charge on any atom is 0.405 e. The van der Waals surface area contributed by atoms with Crippen molar-refractivity contribution < 1.29 is 19.8 Å². The zero-order chi connectivity index (χ0) is 9.56. The Morgan fingerprint density at radius 2 is 2.08 bits per heavy atom. The van der Waals surface area contributed by atoms with Gasteiger partial charge in [0.15, 0.2) is 0 Å². The van der Waals surface area contributed by atoms with Gasteiger partial charge in [-0.2, -0.15) is 11.8 Å². The zero-order valence-corrected chi connectivity index (χ0v) is 7.43. The predicted molar refractivity (Wildman–Crippen MR) is 45.6 cm³/mol. The summed E-state index contributed by atoms with van der Waals surface area (Å²) >= 11 is 1.48. The lowest BCUT2D eigenvalue weighted by atomic mass is 10.2. The first-order valence-electron chi connectivity index (χ1n) is 3.29. The second-order valence-electron chi connectivity index (χ2n) is 2.12. The van der Waals surface area contributed by atoms with E-state index in [2.05, 4.69) is 0 Å². The van der Waals surface area contributed by atoms with Crippen LogP contribution in [0.4, 0.5) is 4.79 Å². The summed E-state index contributed by atoms with van der Waals surface area (Å²) in [5.74, 6) is -0.511. The van der Waals surface area contributed by atoms with Gasteiger partial charge >= 0.3 is 12.1 Å². The molecule has 1 unspecified atom stereocenters. The molecule has 5 nitrogen and oxygen atoms in total. The van der Waals surface area contributed by atoms with Crippen LogP contribution in [0, 0.1) is 0 Å². The quantitative estimate of drug-likeness (QED) is 0.590. The number of rotatable bonds is 5. The number of thioether (sulfide) groups is 1. The zero-order valence-electron chi connectivity index (χ0n) is 6.61. The van der Waals surface area contributed by atoms with E-state index in [0.717, 1.165) is 0 Å². The minimum atomic E-state index is -1.30. The molecule has 0 spiro atoms. The van der Waals surface area contributed by atoms with Crippen molar-refractivity contribution in [2.24, 2.45) is 0 Å². The van der Waals surface area contributed by atoms with Crippen LogP contribution < -0.4 is 5.32 Å². The van der Waals surface area contributed by atoms with Crippen LogP contribution in [-0.2, 0) is 4.79 Å². The van der Waals surface area contributed by atoms with Gasteiger partial charge in [0, 0.05) is 0 Å². The van der Waals surface area contributed by atoms with Gasteiger partial charge in [0.1, 0.15) is 6.04 Å². The summed E-state index contributed by atoms with van der Waals surface area (Å²) in [5, 5.41) is 18.7. The molecule has 70 valence electrons. The highest BCUT2D eigenvalue weighted by Crippen LogP contribution is 2.00. The molecule has 0 saturated carbocycles. The van der Waals surface area contributed by atoms with Crippen LogP contribution in [0.15, 0.2) is 0 Å². The topological polar surface area (TPSA) is 86.6 Å². The maximum absolute atomic E-state index is 10.4. The van der Waals surface area contributed by atoms with E-state index in [1.165, 1.54) is 11.8 Å². The standard InChI is InChI=1S/C6H11NO4S/c1-12-3-2-4(5(8)9)7-6(10)11/h4,7H,2-3H2,1H3,(H,8,9)(H,10,11). The number of carbonyl (C=O) groups is 2. The second kappa shape index (κ2) is 5.70. The molecule has 1 amide bonds. The molecule has 0 rings (SSSR count). The average Bonchev–Trinajstić information content (AvgIpc) is 1.96. The van der Waals surface area contributed by atoms with E-state index in [4.69, 9.17) is 10.2 Å². The third-order valence-electron chi connectivity index (χ3n) is 1.21. The summed E-state index contributed by atoms with van der Waals surface area (Å²) in [7, 11) is 0. The van der Waals surface area contributed by atoms with Crippen LogP contribution in [0.2, 0.25) is 0 Å². The van der Waals surface area contributed by atoms with Gasteiger partial charge in [0.2, 0.25) is 0 Å². The van der Waals surface area contributed by atoms with Crippen LogP contribution >= 0.6 is 11.8 Å². The number of hydrogen-bond donors (Lipinski definition) is 3. The lowest BCUT2D eigenvalue weighted by Crippen LogP contribution is -2.40. The van der Waals surface area contributed by atoms with Crippen molar-refractivity contribution in [3.05, 3.63) is 0 Å². The molecule has 0 saturated heterocycles. The first kappa shape index (κ1) is 11.1. The normalized spacial score (nSPS) is 12.1. The Morgan fingerprint density at radius 1 is 1.50 bits per heavy atom. The Labute approximate surface area is 74.1 Å². The molecule has 0 aliphatic heterocycles.